The molecule has 0 aliphatic carbocycles. The topological polar surface area (TPSA) is 26.3 Å². The third kappa shape index (κ3) is 8.72. The van der Waals surface area contributed by atoms with E-state index in [1.807, 2.05) is 0 Å². The number of unbranched alkanes of at least 4 members (excludes halogenated alkanes) is 3. The summed E-state index contributed by atoms with van der Waals surface area (Å²) in [6.45, 7) is 10.3. The minimum atomic E-state index is -2.26. The van der Waals surface area contributed by atoms with Crippen molar-refractivity contribution in [1.82, 2.24) is 0 Å². The van der Waals surface area contributed by atoms with E-state index in [-0.39, 0.29) is 5.97 Å². The van der Waals surface area contributed by atoms with Gasteiger partial charge in [0.05, 0.1) is 0 Å². The van der Waals surface area contributed by atoms with Gasteiger partial charge in [-0.25, -0.2) is 0 Å². The van der Waals surface area contributed by atoms with Crippen LogP contribution in [0.3, 0.4) is 0 Å². The Kier molecular flexibility index (Phi) is 11.8. The van der Waals surface area contributed by atoms with E-state index in [2.05, 4.69) is 27.4 Å². The molecule has 0 saturated heterocycles. The Morgan fingerprint density at radius 2 is 1.42 bits per heavy atom. The van der Waals surface area contributed by atoms with Gasteiger partial charge in [0.25, 0.3) is 0 Å². The summed E-state index contributed by atoms with van der Waals surface area (Å²) in [5.74, 6) is -0.231. The maximum absolute atomic E-state index is 11.4. The number of ether oxygens (including phenoxy) is 1. The van der Waals surface area contributed by atoms with Gasteiger partial charge < -0.3 is 0 Å². The average molecular weight is 375 g/mol. The molecular weight excluding hydrogens is 343 g/mol. The average Bonchev–Trinajstić information content (AvgIpc) is 2.45. The molecule has 3 heteroatoms. The van der Waals surface area contributed by atoms with Gasteiger partial charge in [-0.1, -0.05) is 0 Å². The van der Waals surface area contributed by atoms with Crippen LogP contribution in [0.25, 0.3) is 0 Å². The zero-order valence-electron chi connectivity index (χ0n) is 13.2. The number of rotatable bonds is 12. The molecule has 0 aliphatic rings. The Hall–Kier alpha value is 0.00870. The quantitative estimate of drug-likeness (QED) is 0.269. The van der Waals surface area contributed by atoms with Crippen LogP contribution in [0.5, 0.6) is 0 Å². The SMILES string of the molecule is C=CC(=O)O[CH2][Sn]([CH2]CCC)([CH2]CCC)[CH2]CCC. The Morgan fingerprint density at radius 1 is 1.00 bits per heavy atom. The third-order valence-corrected chi connectivity index (χ3v) is 18.1. The summed E-state index contributed by atoms with van der Waals surface area (Å²) >= 11 is -2.26. The molecule has 0 bridgehead atoms. The molecule has 0 aromatic heterocycles. The molecule has 0 saturated carbocycles. The Labute approximate surface area is 123 Å². The number of hydrogen-bond acceptors (Lipinski definition) is 2. The molecule has 0 aromatic rings. The number of carbonyl (C=O) groups is 1. The van der Waals surface area contributed by atoms with Crippen LogP contribution >= 0.6 is 0 Å². The van der Waals surface area contributed by atoms with E-state index in [0.29, 0.717) is 0 Å². The van der Waals surface area contributed by atoms with Crippen LogP contribution in [0.15, 0.2) is 12.7 Å². The second kappa shape index (κ2) is 11.8. The first kappa shape index (κ1) is 19.0. The van der Waals surface area contributed by atoms with E-state index >= 15 is 0 Å². The Balaban J connectivity index is 4.64. The van der Waals surface area contributed by atoms with Crippen molar-refractivity contribution in [1.29, 1.82) is 0 Å². The molecule has 112 valence electrons. The van der Waals surface area contributed by atoms with Crippen LogP contribution in [-0.4, -0.2) is 29.0 Å². The van der Waals surface area contributed by atoms with Crippen molar-refractivity contribution in [3.8, 4) is 0 Å². The number of hydrogen-bond donors (Lipinski definition) is 0. The van der Waals surface area contributed by atoms with Gasteiger partial charge in [0, 0.05) is 0 Å². The van der Waals surface area contributed by atoms with Gasteiger partial charge in [0.1, 0.15) is 0 Å². The van der Waals surface area contributed by atoms with Crippen molar-refractivity contribution in [2.24, 2.45) is 0 Å². The molecule has 0 atom stereocenters. The second-order valence-corrected chi connectivity index (χ2v) is 19.3. The maximum atomic E-state index is 11.4. The van der Waals surface area contributed by atoms with E-state index in [1.165, 1.54) is 57.9 Å². The van der Waals surface area contributed by atoms with Gasteiger partial charge in [-0.15, -0.1) is 0 Å². The van der Waals surface area contributed by atoms with Crippen molar-refractivity contribution < 1.29 is 9.53 Å². The first-order valence-electron chi connectivity index (χ1n) is 7.93. The molecule has 2 nitrogen and oxygen atoms in total. The van der Waals surface area contributed by atoms with Gasteiger partial charge in [0.15, 0.2) is 0 Å². The molecule has 0 unspecified atom stereocenters. The fraction of sp³-hybridized carbons (Fsp3) is 0.812. The van der Waals surface area contributed by atoms with Gasteiger partial charge in [0.2, 0.25) is 0 Å². The van der Waals surface area contributed by atoms with Crippen LogP contribution < -0.4 is 0 Å². The molecule has 0 radical (unpaired) electrons. The van der Waals surface area contributed by atoms with E-state index < -0.39 is 18.4 Å². The standard InChI is InChI=1S/C4H5O2.3C4H9.Sn/c1-3-4(5)6-2;3*1-3-4-2;/h3H,1-2H2;3*1,3-4H2,2H3;. The van der Waals surface area contributed by atoms with Crippen molar-refractivity contribution in [3.05, 3.63) is 12.7 Å². The van der Waals surface area contributed by atoms with Gasteiger partial charge in [-0.3, -0.25) is 0 Å². The monoisotopic (exact) mass is 376 g/mol. The van der Waals surface area contributed by atoms with Crippen molar-refractivity contribution in [2.75, 3.05) is 4.62 Å². The molecule has 0 fully saturated rings. The van der Waals surface area contributed by atoms with Crippen molar-refractivity contribution in [2.45, 2.75) is 72.6 Å². The normalized spacial score (nSPS) is 11.3. The molecule has 0 heterocycles. The summed E-state index contributed by atoms with van der Waals surface area (Å²) in [6.07, 6.45) is 9.01. The summed E-state index contributed by atoms with van der Waals surface area (Å²) in [5, 5.41) is 0. The summed E-state index contributed by atoms with van der Waals surface area (Å²) in [7, 11) is 0. The fourth-order valence-electron chi connectivity index (χ4n) is 2.53. The molecule has 0 aromatic carbocycles. The van der Waals surface area contributed by atoms with Crippen molar-refractivity contribution in [3.63, 3.8) is 0 Å². The van der Waals surface area contributed by atoms with E-state index in [1.54, 1.807) is 0 Å². The molecule has 0 N–H and O–H groups in total. The summed E-state index contributed by atoms with van der Waals surface area (Å²) < 4.78 is 10.4. The predicted octanol–water partition coefficient (Wildman–Crippen LogP) is 5.10. The van der Waals surface area contributed by atoms with Crippen LogP contribution in [0.1, 0.15) is 59.3 Å². The van der Waals surface area contributed by atoms with Crippen LogP contribution in [0.2, 0.25) is 13.3 Å². The van der Waals surface area contributed by atoms with Gasteiger partial charge in [-0.2, -0.15) is 0 Å². The fourth-order valence-corrected chi connectivity index (χ4v) is 16.6. The van der Waals surface area contributed by atoms with E-state index in [0.717, 1.165) is 4.62 Å². The zero-order valence-corrected chi connectivity index (χ0v) is 16.0. The Bertz CT molecular complexity index is 229. The second-order valence-electron chi connectivity index (χ2n) is 5.62. The summed E-state index contributed by atoms with van der Waals surface area (Å²) in [4.78, 5) is 11.4. The number of carbonyl (C=O) groups excluding carboxylic acids is 1. The molecular formula is C16H32O2Sn. The summed E-state index contributed by atoms with van der Waals surface area (Å²) in [5.41, 5.74) is 0. The number of esters is 1. The van der Waals surface area contributed by atoms with Crippen molar-refractivity contribution >= 4 is 24.3 Å². The summed E-state index contributed by atoms with van der Waals surface area (Å²) in [6, 6.07) is 0. The molecule has 0 spiro atoms. The van der Waals surface area contributed by atoms with Crippen LogP contribution in [-0.2, 0) is 9.53 Å². The van der Waals surface area contributed by atoms with Crippen LogP contribution in [0.4, 0.5) is 0 Å². The first-order valence-corrected chi connectivity index (χ1v) is 16.0. The van der Waals surface area contributed by atoms with Gasteiger partial charge in [-0.05, 0) is 0 Å². The van der Waals surface area contributed by atoms with Gasteiger partial charge >= 0.3 is 124 Å². The zero-order chi connectivity index (χ0) is 14.6. The molecule has 0 rings (SSSR count). The molecule has 0 aliphatic heterocycles. The van der Waals surface area contributed by atoms with E-state index in [4.69, 9.17) is 4.74 Å². The molecule has 19 heavy (non-hydrogen) atoms. The minimum absolute atomic E-state index is 0.231. The molecule has 0 amide bonds. The predicted molar refractivity (Wildman–Crippen MR) is 86.1 cm³/mol. The third-order valence-electron chi connectivity index (χ3n) is 3.87. The van der Waals surface area contributed by atoms with E-state index in [9.17, 15) is 4.79 Å². The van der Waals surface area contributed by atoms with Crippen LogP contribution in [0, 0.1) is 0 Å². The Morgan fingerprint density at radius 3 is 1.74 bits per heavy atom. The first-order chi connectivity index (χ1) is 9.14.